The van der Waals surface area contributed by atoms with Gasteiger partial charge >= 0.3 is 11.9 Å². The highest BCUT2D eigenvalue weighted by atomic mass is 16.5. The molecule has 2 aromatic rings. The minimum absolute atomic E-state index is 0.000503. The smallest absolute Gasteiger partial charge is 0.309 e. The summed E-state index contributed by atoms with van der Waals surface area (Å²) in [5, 5.41) is 0.487. The van der Waals surface area contributed by atoms with Crippen LogP contribution < -0.4 is 5.56 Å². The second kappa shape index (κ2) is 10.00. The molecule has 0 radical (unpaired) electrons. The van der Waals surface area contributed by atoms with Gasteiger partial charge in [0.05, 0.1) is 29.8 Å². The second-order valence-electron chi connectivity index (χ2n) is 7.10. The van der Waals surface area contributed by atoms with Crippen molar-refractivity contribution in [3.8, 4) is 0 Å². The quantitative estimate of drug-likeness (QED) is 0.675. The van der Waals surface area contributed by atoms with Crippen molar-refractivity contribution in [3.63, 3.8) is 0 Å². The zero-order chi connectivity index (χ0) is 21.5. The van der Waals surface area contributed by atoms with Crippen molar-refractivity contribution in [2.24, 2.45) is 5.92 Å². The fourth-order valence-corrected chi connectivity index (χ4v) is 3.40. The van der Waals surface area contributed by atoms with E-state index < -0.39 is 5.97 Å². The molecule has 1 aliphatic heterocycles. The van der Waals surface area contributed by atoms with Gasteiger partial charge in [-0.05, 0) is 31.9 Å². The average molecular weight is 415 g/mol. The number of esters is 2. The number of ether oxygens (including phenoxy) is 2. The molecular formula is C21H25N3O6. The van der Waals surface area contributed by atoms with Gasteiger partial charge in [-0.3, -0.25) is 19.2 Å². The predicted octanol–water partition coefficient (Wildman–Crippen LogP) is 1.20. The van der Waals surface area contributed by atoms with Crippen LogP contribution in [0.3, 0.4) is 0 Å². The maximum absolute atomic E-state index is 12.2. The van der Waals surface area contributed by atoms with Crippen molar-refractivity contribution < 1.29 is 23.9 Å². The van der Waals surface area contributed by atoms with Gasteiger partial charge in [0.25, 0.3) is 11.5 Å². The van der Waals surface area contributed by atoms with E-state index in [9.17, 15) is 19.2 Å². The van der Waals surface area contributed by atoms with Crippen molar-refractivity contribution in [2.45, 2.75) is 32.6 Å². The monoisotopic (exact) mass is 415 g/mol. The molecular weight excluding hydrogens is 390 g/mol. The predicted molar refractivity (Wildman–Crippen MR) is 108 cm³/mol. The van der Waals surface area contributed by atoms with Gasteiger partial charge in [-0.25, -0.2) is 4.98 Å². The van der Waals surface area contributed by atoms with E-state index in [4.69, 9.17) is 9.47 Å². The van der Waals surface area contributed by atoms with Crippen molar-refractivity contribution in [3.05, 3.63) is 40.4 Å². The molecule has 1 amide bonds. The topological polar surface area (TPSA) is 119 Å². The number of carbonyl (C=O) groups excluding carboxylic acids is 3. The van der Waals surface area contributed by atoms with Gasteiger partial charge in [0.1, 0.15) is 5.82 Å². The lowest BCUT2D eigenvalue weighted by Gasteiger charge is -2.30. The number of rotatable bonds is 7. The number of nitrogens with zero attached hydrogens (tertiary/aromatic N) is 2. The molecule has 1 aromatic carbocycles. The Morgan fingerprint density at radius 3 is 2.63 bits per heavy atom. The summed E-state index contributed by atoms with van der Waals surface area (Å²) in [7, 11) is 0. The van der Waals surface area contributed by atoms with Crippen LogP contribution in [-0.4, -0.2) is 59.0 Å². The Morgan fingerprint density at radius 2 is 1.90 bits per heavy atom. The standard InChI is InChI=1S/C21H25N3O6/c1-2-29-21(28)14-9-11-24(12-10-14)18(25)13-30-19(26)8-7-17-22-16-6-4-3-5-15(16)20(27)23-17/h3-6,14H,2,7-13H2,1H3,(H,22,23,27). The number of likely N-dealkylation sites (tertiary alicyclic amines) is 1. The van der Waals surface area contributed by atoms with E-state index in [2.05, 4.69) is 9.97 Å². The first-order valence-corrected chi connectivity index (χ1v) is 10.1. The molecule has 3 rings (SSSR count). The third-order valence-corrected chi connectivity index (χ3v) is 5.05. The number of amides is 1. The number of H-pyrrole nitrogens is 1. The van der Waals surface area contributed by atoms with E-state index >= 15 is 0 Å². The number of piperidine rings is 1. The van der Waals surface area contributed by atoms with Gasteiger partial charge < -0.3 is 19.4 Å². The molecule has 1 saturated heterocycles. The summed E-state index contributed by atoms with van der Waals surface area (Å²) in [4.78, 5) is 56.6. The van der Waals surface area contributed by atoms with E-state index in [-0.39, 0.29) is 42.8 Å². The summed E-state index contributed by atoms with van der Waals surface area (Å²) in [5.74, 6) is -0.851. The number of hydrogen-bond donors (Lipinski definition) is 1. The third kappa shape index (κ3) is 5.43. The first-order valence-electron chi connectivity index (χ1n) is 10.1. The van der Waals surface area contributed by atoms with Gasteiger partial charge in [0.2, 0.25) is 0 Å². The summed E-state index contributed by atoms with van der Waals surface area (Å²) in [6.45, 7) is 2.63. The summed E-state index contributed by atoms with van der Waals surface area (Å²) in [5.41, 5.74) is 0.302. The molecule has 1 fully saturated rings. The Morgan fingerprint density at radius 1 is 1.17 bits per heavy atom. The number of aryl methyl sites for hydroxylation is 1. The molecule has 0 spiro atoms. The van der Waals surface area contributed by atoms with E-state index in [0.717, 1.165) is 0 Å². The summed E-state index contributed by atoms with van der Waals surface area (Å²) in [6, 6.07) is 6.96. The van der Waals surface area contributed by atoms with Crippen LogP contribution in [0.15, 0.2) is 29.1 Å². The van der Waals surface area contributed by atoms with Crippen LogP contribution in [0.2, 0.25) is 0 Å². The first kappa shape index (κ1) is 21.5. The molecule has 160 valence electrons. The molecule has 0 atom stereocenters. The molecule has 2 heterocycles. The number of nitrogens with one attached hydrogen (secondary N) is 1. The molecule has 1 aromatic heterocycles. The molecule has 1 N–H and O–H groups in total. The summed E-state index contributed by atoms with van der Waals surface area (Å²) in [6.07, 6.45) is 1.29. The lowest BCUT2D eigenvalue weighted by Crippen LogP contribution is -2.42. The molecule has 0 aliphatic carbocycles. The summed E-state index contributed by atoms with van der Waals surface area (Å²) >= 11 is 0. The SMILES string of the molecule is CCOC(=O)C1CCN(C(=O)COC(=O)CCc2nc3ccccc3c(=O)[nH]2)CC1. The van der Waals surface area contributed by atoms with Gasteiger partial charge in [-0.1, -0.05) is 12.1 Å². The first-order chi connectivity index (χ1) is 14.5. The number of para-hydroxylation sites is 1. The largest absolute Gasteiger partial charge is 0.466 e. The van der Waals surface area contributed by atoms with Crippen LogP contribution in [0.5, 0.6) is 0 Å². The van der Waals surface area contributed by atoms with Gasteiger partial charge in [-0.2, -0.15) is 0 Å². The zero-order valence-electron chi connectivity index (χ0n) is 16.9. The van der Waals surface area contributed by atoms with Gasteiger partial charge in [0.15, 0.2) is 6.61 Å². The Labute approximate surface area is 173 Å². The van der Waals surface area contributed by atoms with E-state index in [1.54, 1.807) is 36.1 Å². The van der Waals surface area contributed by atoms with Crippen molar-refractivity contribution >= 4 is 28.7 Å². The minimum Gasteiger partial charge on any atom is -0.466 e. The average Bonchev–Trinajstić information content (AvgIpc) is 2.76. The highest BCUT2D eigenvalue weighted by Gasteiger charge is 2.28. The minimum atomic E-state index is -0.541. The number of fused-ring (bicyclic) bond motifs is 1. The molecule has 9 nitrogen and oxygen atoms in total. The molecule has 30 heavy (non-hydrogen) atoms. The molecule has 0 unspecified atom stereocenters. The highest BCUT2D eigenvalue weighted by Crippen LogP contribution is 2.18. The second-order valence-corrected chi connectivity index (χ2v) is 7.10. The number of aromatic amines is 1. The third-order valence-electron chi connectivity index (χ3n) is 5.05. The lowest BCUT2D eigenvalue weighted by atomic mass is 9.97. The summed E-state index contributed by atoms with van der Waals surface area (Å²) < 4.78 is 10.1. The highest BCUT2D eigenvalue weighted by molar-refractivity contribution is 5.81. The van der Waals surface area contributed by atoms with E-state index in [0.29, 0.717) is 49.3 Å². The Kier molecular flexibility index (Phi) is 7.16. The lowest BCUT2D eigenvalue weighted by molar-refractivity contribution is -0.154. The van der Waals surface area contributed by atoms with Crippen LogP contribution in [0, 0.1) is 5.92 Å². The Bertz CT molecular complexity index is 978. The van der Waals surface area contributed by atoms with Crippen molar-refractivity contribution in [1.29, 1.82) is 0 Å². The molecule has 9 heteroatoms. The number of hydrogen-bond acceptors (Lipinski definition) is 7. The fourth-order valence-electron chi connectivity index (χ4n) is 3.40. The normalized spacial score (nSPS) is 14.5. The van der Waals surface area contributed by atoms with Crippen LogP contribution >= 0.6 is 0 Å². The maximum Gasteiger partial charge on any atom is 0.309 e. The van der Waals surface area contributed by atoms with Gasteiger partial charge in [0, 0.05) is 19.5 Å². The van der Waals surface area contributed by atoms with Gasteiger partial charge in [-0.15, -0.1) is 0 Å². The number of benzene rings is 1. The molecule has 1 aliphatic rings. The number of carbonyl (C=O) groups is 3. The maximum atomic E-state index is 12.2. The Hall–Kier alpha value is -3.23. The van der Waals surface area contributed by atoms with E-state index in [1.807, 2.05) is 0 Å². The zero-order valence-corrected chi connectivity index (χ0v) is 16.9. The van der Waals surface area contributed by atoms with Crippen LogP contribution in [0.4, 0.5) is 0 Å². The van der Waals surface area contributed by atoms with Crippen LogP contribution in [0.1, 0.15) is 32.0 Å². The fraction of sp³-hybridized carbons (Fsp3) is 0.476. The van der Waals surface area contributed by atoms with Crippen molar-refractivity contribution in [1.82, 2.24) is 14.9 Å². The number of aromatic nitrogens is 2. The Balaban J connectivity index is 1.42. The molecule has 0 saturated carbocycles. The van der Waals surface area contributed by atoms with Crippen molar-refractivity contribution in [2.75, 3.05) is 26.3 Å². The van der Waals surface area contributed by atoms with Crippen LogP contribution in [0.25, 0.3) is 10.9 Å². The van der Waals surface area contributed by atoms with Crippen LogP contribution in [-0.2, 0) is 30.3 Å². The molecule has 0 bridgehead atoms. The van der Waals surface area contributed by atoms with E-state index in [1.165, 1.54) is 0 Å².